The van der Waals surface area contributed by atoms with Gasteiger partial charge in [0, 0.05) is 19.6 Å². The second kappa shape index (κ2) is 6.03. The Morgan fingerprint density at radius 2 is 2.00 bits per heavy atom. The van der Waals surface area contributed by atoms with Crippen molar-refractivity contribution in [2.75, 3.05) is 13.1 Å². The lowest BCUT2D eigenvalue weighted by Crippen LogP contribution is -2.38. The summed E-state index contributed by atoms with van der Waals surface area (Å²) in [5, 5.41) is 0. The second-order valence-electron chi connectivity index (χ2n) is 5.11. The van der Waals surface area contributed by atoms with Gasteiger partial charge in [0.1, 0.15) is 0 Å². The van der Waals surface area contributed by atoms with Crippen LogP contribution in [0.25, 0.3) is 0 Å². The van der Waals surface area contributed by atoms with E-state index in [1.807, 2.05) is 6.07 Å². The number of nitrogens with two attached hydrogens (primary N) is 1. The van der Waals surface area contributed by atoms with Crippen molar-refractivity contribution in [3.05, 3.63) is 29.8 Å². The SMILES string of the molecule is CCC1CCN(S(=O)(=O)c2cccc(CN)c2)CC1. The first-order valence-electron chi connectivity index (χ1n) is 6.87. The molecule has 1 saturated heterocycles. The van der Waals surface area contributed by atoms with Crippen molar-refractivity contribution >= 4 is 10.0 Å². The Hall–Kier alpha value is -0.910. The Kier molecular flexibility index (Phi) is 4.60. The lowest BCUT2D eigenvalue weighted by atomic mass is 9.96. The topological polar surface area (TPSA) is 63.4 Å². The van der Waals surface area contributed by atoms with Crippen LogP contribution in [0.2, 0.25) is 0 Å². The van der Waals surface area contributed by atoms with Crippen LogP contribution >= 0.6 is 0 Å². The molecule has 1 aliphatic heterocycles. The zero-order valence-corrected chi connectivity index (χ0v) is 12.2. The molecule has 0 atom stereocenters. The molecule has 4 nitrogen and oxygen atoms in total. The highest BCUT2D eigenvalue weighted by Crippen LogP contribution is 2.25. The Morgan fingerprint density at radius 3 is 2.58 bits per heavy atom. The van der Waals surface area contributed by atoms with Gasteiger partial charge < -0.3 is 5.73 Å². The van der Waals surface area contributed by atoms with Crippen LogP contribution in [0.5, 0.6) is 0 Å². The summed E-state index contributed by atoms with van der Waals surface area (Å²) in [6.07, 6.45) is 3.06. The maximum atomic E-state index is 12.5. The molecule has 1 aliphatic rings. The van der Waals surface area contributed by atoms with E-state index in [0.29, 0.717) is 30.4 Å². The van der Waals surface area contributed by atoms with Gasteiger partial charge in [-0.1, -0.05) is 25.5 Å². The predicted octanol–water partition coefficient (Wildman–Crippen LogP) is 1.96. The van der Waals surface area contributed by atoms with Crippen LogP contribution in [0.3, 0.4) is 0 Å². The summed E-state index contributed by atoms with van der Waals surface area (Å²) in [6, 6.07) is 6.94. The highest BCUT2D eigenvalue weighted by Gasteiger charge is 2.28. The van der Waals surface area contributed by atoms with Gasteiger partial charge in [0.2, 0.25) is 10.0 Å². The first kappa shape index (κ1) is 14.5. The van der Waals surface area contributed by atoms with Crippen molar-refractivity contribution in [3.8, 4) is 0 Å². The molecule has 0 bridgehead atoms. The molecular weight excluding hydrogens is 260 g/mol. The van der Waals surface area contributed by atoms with Gasteiger partial charge in [-0.15, -0.1) is 0 Å². The summed E-state index contributed by atoms with van der Waals surface area (Å²) in [5.41, 5.74) is 6.42. The molecular formula is C14H22N2O2S. The molecule has 5 heteroatoms. The lowest BCUT2D eigenvalue weighted by Gasteiger charge is -2.30. The van der Waals surface area contributed by atoms with E-state index >= 15 is 0 Å². The standard InChI is InChI=1S/C14H22N2O2S/c1-2-12-6-8-16(9-7-12)19(17,18)14-5-3-4-13(10-14)11-15/h3-5,10,12H,2,6-9,11,15H2,1H3. The summed E-state index contributed by atoms with van der Waals surface area (Å²) in [4.78, 5) is 0.366. The maximum Gasteiger partial charge on any atom is 0.243 e. The fourth-order valence-corrected chi connectivity index (χ4v) is 4.08. The Bertz CT molecular complexity index is 520. The minimum atomic E-state index is -3.35. The molecule has 1 fully saturated rings. The van der Waals surface area contributed by atoms with E-state index in [9.17, 15) is 8.42 Å². The molecule has 0 radical (unpaired) electrons. The van der Waals surface area contributed by atoms with Crippen LogP contribution in [0, 0.1) is 5.92 Å². The number of benzene rings is 1. The van der Waals surface area contributed by atoms with Crippen molar-refractivity contribution < 1.29 is 8.42 Å². The summed E-state index contributed by atoms with van der Waals surface area (Å²) in [6.45, 7) is 3.79. The molecule has 19 heavy (non-hydrogen) atoms. The Balaban J connectivity index is 2.18. The van der Waals surface area contributed by atoms with E-state index in [1.165, 1.54) is 0 Å². The predicted molar refractivity (Wildman–Crippen MR) is 76.1 cm³/mol. The fraction of sp³-hybridized carbons (Fsp3) is 0.571. The molecule has 1 aromatic carbocycles. The van der Waals surface area contributed by atoms with E-state index in [1.54, 1.807) is 22.5 Å². The zero-order chi connectivity index (χ0) is 13.9. The molecule has 0 saturated carbocycles. The smallest absolute Gasteiger partial charge is 0.243 e. The normalized spacial score (nSPS) is 18.6. The number of hydrogen-bond donors (Lipinski definition) is 1. The van der Waals surface area contributed by atoms with Crippen molar-refractivity contribution in [1.82, 2.24) is 4.31 Å². The number of sulfonamides is 1. The highest BCUT2D eigenvalue weighted by atomic mass is 32.2. The van der Waals surface area contributed by atoms with E-state index in [-0.39, 0.29) is 0 Å². The van der Waals surface area contributed by atoms with Gasteiger partial charge in [-0.05, 0) is 36.5 Å². The van der Waals surface area contributed by atoms with Gasteiger partial charge in [-0.3, -0.25) is 0 Å². The van der Waals surface area contributed by atoms with Crippen LogP contribution < -0.4 is 5.73 Å². The highest BCUT2D eigenvalue weighted by molar-refractivity contribution is 7.89. The molecule has 0 amide bonds. The van der Waals surface area contributed by atoms with Crippen molar-refractivity contribution in [1.29, 1.82) is 0 Å². The van der Waals surface area contributed by atoms with Crippen LogP contribution in [0.1, 0.15) is 31.7 Å². The van der Waals surface area contributed by atoms with Crippen LogP contribution in [0.15, 0.2) is 29.2 Å². The first-order valence-corrected chi connectivity index (χ1v) is 8.31. The van der Waals surface area contributed by atoms with E-state index < -0.39 is 10.0 Å². The van der Waals surface area contributed by atoms with Gasteiger partial charge in [-0.2, -0.15) is 4.31 Å². The minimum absolute atomic E-state index is 0.362. The van der Waals surface area contributed by atoms with Crippen molar-refractivity contribution in [3.63, 3.8) is 0 Å². The number of piperidine rings is 1. The third-order valence-corrected chi connectivity index (χ3v) is 5.82. The average Bonchev–Trinajstić information content (AvgIpc) is 2.47. The van der Waals surface area contributed by atoms with Crippen molar-refractivity contribution in [2.45, 2.75) is 37.6 Å². The van der Waals surface area contributed by atoms with Gasteiger partial charge in [0.05, 0.1) is 4.90 Å². The summed E-state index contributed by atoms with van der Waals surface area (Å²) >= 11 is 0. The van der Waals surface area contributed by atoms with Gasteiger partial charge in [0.15, 0.2) is 0 Å². The quantitative estimate of drug-likeness (QED) is 0.918. The maximum absolute atomic E-state index is 12.5. The molecule has 0 spiro atoms. The minimum Gasteiger partial charge on any atom is -0.326 e. The van der Waals surface area contributed by atoms with Crippen LogP contribution in [-0.4, -0.2) is 25.8 Å². The third-order valence-electron chi connectivity index (χ3n) is 3.92. The zero-order valence-electron chi connectivity index (χ0n) is 11.4. The second-order valence-corrected chi connectivity index (χ2v) is 7.05. The first-order chi connectivity index (χ1) is 9.07. The number of hydrogen-bond acceptors (Lipinski definition) is 3. The number of nitrogens with zero attached hydrogens (tertiary/aromatic N) is 1. The Labute approximate surface area is 115 Å². The summed E-state index contributed by atoms with van der Waals surface area (Å²) < 4.78 is 26.7. The fourth-order valence-electron chi connectivity index (χ4n) is 2.54. The van der Waals surface area contributed by atoms with Crippen LogP contribution in [0.4, 0.5) is 0 Å². The summed E-state index contributed by atoms with van der Waals surface area (Å²) in [5.74, 6) is 0.668. The van der Waals surface area contributed by atoms with E-state index in [2.05, 4.69) is 6.92 Å². The average molecular weight is 282 g/mol. The Morgan fingerprint density at radius 1 is 1.32 bits per heavy atom. The van der Waals surface area contributed by atoms with Gasteiger partial charge in [-0.25, -0.2) is 8.42 Å². The largest absolute Gasteiger partial charge is 0.326 e. The molecule has 0 unspecified atom stereocenters. The lowest BCUT2D eigenvalue weighted by molar-refractivity contribution is 0.269. The monoisotopic (exact) mass is 282 g/mol. The molecule has 0 aliphatic carbocycles. The van der Waals surface area contributed by atoms with Gasteiger partial charge >= 0.3 is 0 Å². The third kappa shape index (κ3) is 3.16. The summed E-state index contributed by atoms with van der Waals surface area (Å²) in [7, 11) is -3.35. The molecule has 0 aromatic heterocycles. The molecule has 106 valence electrons. The molecule has 1 heterocycles. The van der Waals surface area contributed by atoms with Crippen LogP contribution in [-0.2, 0) is 16.6 Å². The molecule has 1 aromatic rings. The molecule has 2 N–H and O–H groups in total. The van der Waals surface area contributed by atoms with E-state index in [4.69, 9.17) is 5.73 Å². The van der Waals surface area contributed by atoms with Crippen molar-refractivity contribution in [2.24, 2.45) is 11.7 Å². The number of rotatable bonds is 4. The molecule has 2 rings (SSSR count). The van der Waals surface area contributed by atoms with E-state index in [0.717, 1.165) is 24.8 Å². The van der Waals surface area contributed by atoms with Gasteiger partial charge in [0.25, 0.3) is 0 Å².